The first-order valence-electron chi connectivity index (χ1n) is 4.72. The molecule has 0 aliphatic rings. The highest BCUT2D eigenvalue weighted by Crippen LogP contribution is 2.15. The van der Waals surface area contributed by atoms with Crippen LogP contribution in [0.25, 0.3) is 0 Å². The lowest BCUT2D eigenvalue weighted by Gasteiger charge is -2.21. The molecule has 0 heterocycles. The summed E-state index contributed by atoms with van der Waals surface area (Å²) < 4.78 is 5.09. The van der Waals surface area contributed by atoms with Gasteiger partial charge in [0.1, 0.15) is 10.7 Å². The Labute approximate surface area is 95.2 Å². The summed E-state index contributed by atoms with van der Waals surface area (Å²) in [6.45, 7) is 3.74. The number of nitrogens with zero attached hydrogens (tertiary/aromatic N) is 1. The average Bonchev–Trinajstić information content (AvgIpc) is 2.27. The zero-order chi connectivity index (χ0) is 11.4. The lowest BCUT2D eigenvalue weighted by Crippen LogP contribution is -2.32. The van der Waals surface area contributed by atoms with E-state index in [2.05, 4.69) is 0 Å². The molecule has 0 unspecified atom stereocenters. The first kappa shape index (κ1) is 11.9. The maximum atomic E-state index is 9.66. The van der Waals surface area contributed by atoms with Crippen LogP contribution >= 0.6 is 12.2 Å². The minimum atomic E-state index is -0.0382. The van der Waals surface area contributed by atoms with Gasteiger partial charge in [-0.2, -0.15) is 0 Å². The molecule has 0 fully saturated rings. The molecule has 1 aromatic rings. The predicted molar refractivity (Wildman–Crippen MR) is 63.5 cm³/mol. The van der Waals surface area contributed by atoms with Crippen LogP contribution < -0.4 is 4.74 Å². The molecule has 0 aliphatic carbocycles. The van der Waals surface area contributed by atoms with Crippen LogP contribution in [0.1, 0.15) is 19.4 Å². The first-order valence-corrected chi connectivity index (χ1v) is 5.13. The van der Waals surface area contributed by atoms with Crippen molar-refractivity contribution >= 4 is 17.2 Å². The summed E-state index contributed by atoms with van der Waals surface area (Å²) in [5.41, 5.74) is 0.778. The van der Waals surface area contributed by atoms with Gasteiger partial charge in [0.2, 0.25) is 0 Å². The quantitative estimate of drug-likeness (QED) is 0.633. The highest BCUT2D eigenvalue weighted by atomic mass is 32.1. The van der Waals surface area contributed by atoms with Gasteiger partial charge >= 0.3 is 0 Å². The summed E-state index contributed by atoms with van der Waals surface area (Å²) >= 11 is 5.15. The standard InChI is InChI=1S/C11H15NO2S/c1-8(2)12(13)11(15)9-5-4-6-10(7-9)14-3/h4-8,13H,1-3H3. The Kier molecular flexibility index (Phi) is 4.05. The minimum absolute atomic E-state index is 0.0382. The Morgan fingerprint density at radius 2 is 2.13 bits per heavy atom. The highest BCUT2D eigenvalue weighted by Gasteiger charge is 2.12. The van der Waals surface area contributed by atoms with E-state index < -0.39 is 0 Å². The third-order valence-corrected chi connectivity index (χ3v) is 2.44. The number of hydrogen-bond acceptors (Lipinski definition) is 3. The van der Waals surface area contributed by atoms with E-state index >= 15 is 0 Å². The van der Waals surface area contributed by atoms with Crippen molar-refractivity contribution in [2.75, 3.05) is 7.11 Å². The molecule has 0 atom stereocenters. The number of benzene rings is 1. The molecule has 0 spiro atoms. The third kappa shape index (κ3) is 2.91. The van der Waals surface area contributed by atoms with E-state index in [1.54, 1.807) is 13.2 Å². The third-order valence-electron chi connectivity index (χ3n) is 2.01. The molecular weight excluding hydrogens is 210 g/mol. The molecule has 0 aromatic heterocycles. The molecule has 3 nitrogen and oxygen atoms in total. The second-order valence-corrected chi connectivity index (χ2v) is 3.86. The number of rotatable bonds is 3. The van der Waals surface area contributed by atoms with E-state index in [4.69, 9.17) is 17.0 Å². The molecule has 4 heteroatoms. The van der Waals surface area contributed by atoms with E-state index in [-0.39, 0.29) is 6.04 Å². The average molecular weight is 225 g/mol. The van der Waals surface area contributed by atoms with Gasteiger partial charge in [-0.15, -0.1) is 0 Å². The minimum Gasteiger partial charge on any atom is -0.497 e. The van der Waals surface area contributed by atoms with Gasteiger partial charge in [-0.25, -0.2) is 5.06 Å². The predicted octanol–water partition coefficient (Wildman–Crippen LogP) is 2.47. The summed E-state index contributed by atoms with van der Waals surface area (Å²) in [7, 11) is 1.60. The Balaban J connectivity index is 2.91. The van der Waals surface area contributed by atoms with Gasteiger partial charge in [0.15, 0.2) is 0 Å². The lowest BCUT2D eigenvalue weighted by atomic mass is 10.2. The van der Waals surface area contributed by atoms with Crippen molar-refractivity contribution in [3.8, 4) is 5.75 Å². The van der Waals surface area contributed by atoms with Crippen LogP contribution in [-0.2, 0) is 0 Å². The van der Waals surface area contributed by atoms with Gasteiger partial charge < -0.3 is 4.74 Å². The molecule has 82 valence electrons. The van der Waals surface area contributed by atoms with Crippen molar-refractivity contribution in [3.05, 3.63) is 29.8 Å². The maximum absolute atomic E-state index is 9.66. The fourth-order valence-corrected chi connectivity index (χ4v) is 1.46. The molecule has 1 rings (SSSR count). The molecule has 0 bridgehead atoms. The molecule has 0 radical (unpaired) electrons. The first-order chi connectivity index (χ1) is 7.06. The highest BCUT2D eigenvalue weighted by molar-refractivity contribution is 7.80. The van der Waals surface area contributed by atoms with Crippen molar-refractivity contribution in [2.24, 2.45) is 0 Å². The van der Waals surface area contributed by atoms with E-state index in [0.29, 0.717) is 4.99 Å². The Morgan fingerprint density at radius 1 is 1.47 bits per heavy atom. The number of methoxy groups -OCH3 is 1. The summed E-state index contributed by atoms with van der Waals surface area (Å²) in [5, 5.41) is 10.7. The molecule has 1 aromatic carbocycles. The van der Waals surface area contributed by atoms with Crippen LogP contribution in [0.3, 0.4) is 0 Å². The fourth-order valence-electron chi connectivity index (χ4n) is 1.12. The number of ether oxygens (including phenoxy) is 1. The topological polar surface area (TPSA) is 32.7 Å². The second kappa shape index (κ2) is 5.09. The number of thiocarbonyl (C=S) groups is 1. The summed E-state index contributed by atoms with van der Waals surface area (Å²) in [4.78, 5) is 0.406. The van der Waals surface area contributed by atoms with Crippen LogP contribution in [0.5, 0.6) is 5.75 Å². The van der Waals surface area contributed by atoms with Gasteiger partial charge in [0.05, 0.1) is 13.2 Å². The Hall–Kier alpha value is -1.13. The van der Waals surface area contributed by atoms with Gasteiger partial charge in [-0.1, -0.05) is 24.4 Å². The molecule has 15 heavy (non-hydrogen) atoms. The van der Waals surface area contributed by atoms with Crippen molar-refractivity contribution < 1.29 is 9.94 Å². The van der Waals surface area contributed by atoms with E-state index in [9.17, 15) is 5.21 Å². The Morgan fingerprint density at radius 3 is 2.67 bits per heavy atom. The van der Waals surface area contributed by atoms with Gasteiger partial charge in [-0.3, -0.25) is 5.21 Å². The summed E-state index contributed by atoms with van der Waals surface area (Å²) in [6, 6.07) is 7.28. The van der Waals surface area contributed by atoms with Crippen LogP contribution in [0.4, 0.5) is 0 Å². The van der Waals surface area contributed by atoms with Crippen molar-refractivity contribution in [3.63, 3.8) is 0 Å². The van der Waals surface area contributed by atoms with E-state index in [0.717, 1.165) is 16.4 Å². The van der Waals surface area contributed by atoms with Gasteiger partial charge in [0, 0.05) is 5.56 Å². The van der Waals surface area contributed by atoms with Crippen molar-refractivity contribution in [1.29, 1.82) is 0 Å². The summed E-state index contributed by atoms with van der Waals surface area (Å²) in [6.07, 6.45) is 0. The molecule has 0 amide bonds. The van der Waals surface area contributed by atoms with E-state index in [1.807, 2.05) is 32.0 Å². The van der Waals surface area contributed by atoms with Crippen LogP contribution in [0.2, 0.25) is 0 Å². The van der Waals surface area contributed by atoms with Crippen molar-refractivity contribution in [2.45, 2.75) is 19.9 Å². The molecule has 0 saturated carbocycles. The normalized spacial score (nSPS) is 10.2. The maximum Gasteiger partial charge on any atom is 0.134 e. The zero-order valence-electron chi connectivity index (χ0n) is 9.10. The number of hydroxylamine groups is 2. The molecular formula is C11H15NO2S. The lowest BCUT2D eigenvalue weighted by molar-refractivity contribution is -0.0383. The largest absolute Gasteiger partial charge is 0.497 e. The molecule has 0 aliphatic heterocycles. The van der Waals surface area contributed by atoms with Crippen LogP contribution in [0.15, 0.2) is 24.3 Å². The van der Waals surface area contributed by atoms with E-state index in [1.165, 1.54) is 0 Å². The van der Waals surface area contributed by atoms with Crippen molar-refractivity contribution in [1.82, 2.24) is 5.06 Å². The fraction of sp³-hybridized carbons (Fsp3) is 0.364. The molecule has 1 N–H and O–H groups in total. The molecule has 0 saturated heterocycles. The van der Waals surface area contributed by atoms with Gasteiger partial charge in [-0.05, 0) is 26.0 Å². The van der Waals surface area contributed by atoms with Crippen LogP contribution in [0, 0.1) is 0 Å². The zero-order valence-corrected chi connectivity index (χ0v) is 9.91. The number of hydrogen-bond donors (Lipinski definition) is 1. The van der Waals surface area contributed by atoms with Crippen LogP contribution in [-0.4, -0.2) is 28.4 Å². The van der Waals surface area contributed by atoms with Gasteiger partial charge in [0.25, 0.3) is 0 Å². The monoisotopic (exact) mass is 225 g/mol. The SMILES string of the molecule is COc1cccc(C(=S)N(O)C(C)C)c1. The summed E-state index contributed by atoms with van der Waals surface area (Å²) in [5.74, 6) is 0.729. The smallest absolute Gasteiger partial charge is 0.134 e. The second-order valence-electron chi connectivity index (χ2n) is 3.48. The Bertz CT molecular complexity index is 352.